The van der Waals surface area contributed by atoms with E-state index in [4.69, 9.17) is 11.6 Å². The number of sulfonamides is 1. The van der Waals surface area contributed by atoms with E-state index in [-0.39, 0.29) is 17.4 Å². The van der Waals surface area contributed by atoms with Gasteiger partial charge in [-0.05, 0) is 68.5 Å². The lowest BCUT2D eigenvalue weighted by molar-refractivity contribution is -0.150. The fourth-order valence-electron chi connectivity index (χ4n) is 5.07. The van der Waals surface area contributed by atoms with Crippen LogP contribution in [0.5, 0.6) is 0 Å². The van der Waals surface area contributed by atoms with Crippen molar-refractivity contribution in [2.24, 2.45) is 5.41 Å². The van der Waals surface area contributed by atoms with Crippen LogP contribution >= 0.6 is 11.6 Å². The van der Waals surface area contributed by atoms with E-state index in [2.05, 4.69) is 14.7 Å². The summed E-state index contributed by atoms with van der Waals surface area (Å²) in [6.45, 7) is 6.77. The first-order chi connectivity index (χ1) is 17.6. The molecule has 4 rings (SSSR count). The number of nitrogens with one attached hydrogen (secondary N) is 1. The lowest BCUT2D eigenvalue weighted by Crippen LogP contribution is -2.48. The molecule has 0 amide bonds. The van der Waals surface area contributed by atoms with Gasteiger partial charge in [-0.1, -0.05) is 49.2 Å². The number of aromatic nitrogens is 2. The first-order valence-electron chi connectivity index (χ1n) is 12.3. The second-order valence-corrected chi connectivity index (χ2v) is 11.6. The van der Waals surface area contributed by atoms with E-state index in [9.17, 15) is 18.3 Å². The Kier molecular flexibility index (Phi) is 7.75. The van der Waals surface area contributed by atoms with Crippen molar-refractivity contribution in [3.8, 4) is 11.3 Å². The molecule has 2 N–H and O–H groups in total. The summed E-state index contributed by atoms with van der Waals surface area (Å²) in [6, 6.07) is 13.7. The minimum Gasteiger partial charge on any atom is -0.481 e. The lowest BCUT2D eigenvalue weighted by Gasteiger charge is -2.40. The summed E-state index contributed by atoms with van der Waals surface area (Å²) in [7, 11) is -4.07. The minimum atomic E-state index is -4.07. The number of halogens is 1. The predicted octanol–water partition coefficient (Wildman–Crippen LogP) is 5.69. The van der Waals surface area contributed by atoms with Crippen molar-refractivity contribution < 1.29 is 18.3 Å². The molecule has 0 saturated carbocycles. The summed E-state index contributed by atoms with van der Waals surface area (Å²) >= 11 is 6.44. The van der Waals surface area contributed by atoms with Crippen molar-refractivity contribution in [2.45, 2.75) is 51.5 Å². The minimum absolute atomic E-state index is 0.125. The Balaban J connectivity index is 1.62. The van der Waals surface area contributed by atoms with Gasteiger partial charge in [0.25, 0.3) is 10.0 Å². The van der Waals surface area contributed by atoms with Gasteiger partial charge in [0.15, 0.2) is 5.03 Å². The number of benzene rings is 1. The fourth-order valence-corrected chi connectivity index (χ4v) is 6.24. The van der Waals surface area contributed by atoms with Gasteiger partial charge in [-0.15, -0.1) is 0 Å². The molecule has 10 heteroatoms. The Hall–Kier alpha value is -3.17. The second-order valence-electron chi connectivity index (χ2n) is 9.59. The highest BCUT2D eigenvalue weighted by Crippen LogP contribution is 2.37. The van der Waals surface area contributed by atoms with Gasteiger partial charge in [-0.25, -0.2) is 9.97 Å². The van der Waals surface area contributed by atoms with Gasteiger partial charge in [0.1, 0.15) is 11.6 Å². The summed E-state index contributed by atoms with van der Waals surface area (Å²) in [6.07, 6.45) is 2.60. The van der Waals surface area contributed by atoms with Crippen LogP contribution in [-0.2, 0) is 14.8 Å². The highest BCUT2D eigenvalue weighted by atomic mass is 35.5. The second kappa shape index (κ2) is 10.7. The number of carboxylic acids is 1. The summed E-state index contributed by atoms with van der Waals surface area (Å²) < 4.78 is 29.1. The molecule has 1 unspecified atom stereocenters. The van der Waals surface area contributed by atoms with Crippen molar-refractivity contribution in [3.63, 3.8) is 0 Å². The highest BCUT2D eigenvalue weighted by Gasteiger charge is 2.42. The number of hydrogen-bond donors (Lipinski definition) is 2. The van der Waals surface area contributed by atoms with Crippen LogP contribution in [0.1, 0.15) is 43.7 Å². The van der Waals surface area contributed by atoms with E-state index in [1.807, 2.05) is 43.9 Å². The zero-order valence-electron chi connectivity index (χ0n) is 21.2. The predicted molar refractivity (Wildman–Crippen MR) is 146 cm³/mol. The molecule has 1 aliphatic rings. The summed E-state index contributed by atoms with van der Waals surface area (Å²) in [4.78, 5) is 22.9. The maximum absolute atomic E-state index is 13.3. The molecule has 2 aromatic heterocycles. The number of hydrogen-bond acceptors (Lipinski definition) is 6. The quantitative estimate of drug-likeness (QED) is 0.376. The van der Waals surface area contributed by atoms with Gasteiger partial charge in [0.2, 0.25) is 0 Å². The van der Waals surface area contributed by atoms with Crippen LogP contribution in [-0.4, -0.2) is 42.6 Å². The van der Waals surface area contributed by atoms with Crippen LogP contribution in [0.15, 0.2) is 53.6 Å². The van der Waals surface area contributed by atoms with E-state index in [1.54, 1.807) is 18.2 Å². The molecule has 1 aromatic carbocycles. The SMILES string of the molecule is CCCC1(C(=O)O)CCCN(c2cccc(S(=O)(=O)Nc3ccc(Cl)c(-c4c(C)cccc4C)n3)n2)C1. The van der Waals surface area contributed by atoms with Crippen LogP contribution in [0.25, 0.3) is 11.3 Å². The summed E-state index contributed by atoms with van der Waals surface area (Å²) in [5, 5.41) is 10.2. The van der Waals surface area contributed by atoms with Crippen molar-refractivity contribution >= 4 is 39.2 Å². The maximum Gasteiger partial charge on any atom is 0.311 e. The van der Waals surface area contributed by atoms with Gasteiger partial charge in [0.05, 0.1) is 16.1 Å². The fraction of sp³-hybridized carbons (Fsp3) is 0.370. The number of anilines is 2. The number of aryl methyl sites for hydroxylation is 2. The Morgan fingerprint density at radius 2 is 1.81 bits per heavy atom. The maximum atomic E-state index is 13.3. The molecule has 1 fully saturated rings. The number of carboxylic acid groups (broad SMARTS) is 1. The van der Waals surface area contributed by atoms with Crippen LogP contribution in [0.4, 0.5) is 11.6 Å². The average molecular weight is 543 g/mol. The van der Waals surface area contributed by atoms with E-state index < -0.39 is 21.4 Å². The Morgan fingerprint density at radius 1 is 1.11 bits per heavy atom. The van der Waals surface area contributed by atoms with Crippen molar-refractivity contribution in [1.82, 2.24) is 9.97 Å². The third kappa shape index (κ3) is 5.57. The molecule has 1 aliphatic heterocycles. The van der Waals surface area contributed by atoms with E-state index >= 15 is 0 Å². The molecule has 8 nitrogen and oxygen atoms in total. The van der Waals surface area contributed by atoms with Crippen LogP contribution in [0.3, 0.4) is 0 Å². The average Bonchev–Trinajstić information content (AvgIpc) is 2.86. The molecule has 37 heavy (non-hydrogen) atoms. The molecule has 0 spiro atoms. The molecule has 0 radical (unpaired) electrons. The number of piperidine rings is 1. The van der Waals surface area contributed by atoms with Gasteiger partial charge in [-0.3, -0.25) is 9.52 Å². The van der Waals surface area contributed by atoms with Gasteiger partial charge in [0, 0.05) is 18.7 Å². The van der Waals surface area contributed by atoms with E-state index in [0.717, 1.165) is 23.1 Å². The number of rotatable bonds is 8. The largest absolute Gasteiger partial charge is 0.481 e. The third-order valence-corrected chi connectivity index (χ3v) is 8.43. The van der Waals surface area contributed by atoms with Crippen molar-refractivity contribution in [3.05, 3.63) is 64.7 Å². The van der Waals surface area contributed by atoms with Crippen LogP contribution in [0, 0.1) is 19.3 Å². The molecular formula is C27H31ClN4O4S. The third-order valence-electron chi connectivity index (χ3n) is 6.87. The smallest absolute Gasteiger partial charge is 0.311 e. The lowest BCUT2D eigenvalue weighted by atomic mass is 9.76. The van der Waals surface area contributed by atoms with Gasteiger partial charge in [-0.2, -0.15) is 8.42 Å². The molecule has 3 heterocycles. The van der Waals surface area contributed by atoms with Crippen molar-refractivity contribution in [2.75, 3.05) is 22.7 Å². The molecule has 1 atom stereocenters. The molecule has 1 saturated heterocycles. The number of nitrogens with zero attached hydrogens (tertiary/aromatic N) is 3. The summed E-state index contributed by atoms with van der Waals surface area (Å²) in [5.74, 6) is -0.261. The standard InChI is InChI=1S/C27H31ClN4O4S/c1-4-14-27(26(33)34)15-7-16-32(17-27)22-10-6-11-23(30-22)37(35,36)31-21-13-12-20(28)25(29-21)24-18(2)8-5-9-19(24)3/h5-6,8-13H,4,7,14-17H2,1-3H3,(H,29,31)(H,33,34). The number of carbonyl (C=O) groups is 1. The Morgan fingerprint density at radius 3 is 2.49 bits per heavy atom. The van der Waals surface area contributed by atoms with Crippen LogP contribution in [0.2, 0.25) is 5.02 Å². The number of aliphatic carboxylic acids is 1. The molecule has 196 valence electrons. The normalized spacial score (nSPS) is 18.0. The highest BCUT2D eigenvalue weighted by molar-refractivity contribution is 7.92. The number of pyridine rings is 2. The molecule has 0 bridgehead atoms. The van der Waals surface area contributed by atoms with Gasteiger partial charge < -0.3 is 10.0 Å². The van der Waals surface area contributed by atoms with Gasteiger partial charge >= 0.3 is 5.97 Å². The molecule has 0 aliphatic carbocycles. The zero-order chi connectivity index (χ0) is 26.8. The van der Waals surface area contributed by atoms with Crippen LogP contribution < -0.4 is 9.62 Å². The zero-order valence-corrected chi connectivity index (χ0v) is 22.7. The van der Waals surface area contributed by atoms with E-state index in [0.29, 0.717) is 42.3 Å². The topological polar surface area (TPSA) is 112 Å². The Bertz CT molecular complexity index is 1410. The first-order valence-corrected chi connectivity index (χ1v) is 14.1. The van der Waals surface area contributed by atoms with Crippen molar-refractivity contribution in [1.29, 1.82) is 0 Å². The summed E-state index contributed by atoms with van der Waals surface area (Å²) in [5.41, 5.74) is 2.44. The first kappa shape index (κ1) is 26.9. The van der Waals surface area contributed by atoms with E-state index in [1.165, 1.54) is 12.1 Å². The molecule has 3 aromatic rings. The monoisotopic (exact) mass is 542 g/mol. The Labute approximate surface area is 222 Å². The molecular weight excluding hydrogens is 512 g/mol.